The van der Waals surface area contributed by atoms with Crippen molar-refractivity contribution >= 4 is 5.91 Å². The summed E-state index contributed by atoms with van der Waals surface area (Å²) in [7, 11) is 0. The lowest BCUT2D eigenvalue weighted by molar-refractivity contribution is -0.123. The topological polar surface area (TPSA) is 55.1 Å². The van der Waals surface area contributed by atoms with Crippen molar-refractivity contribution in [3.63, 3.8) is 0 Å². The summed E-state index contributed by atoms with van der Waals surface area (Å²) in [6.07, 6.45) is 5.34. The first kappa shape index (κ1) is 10.9. The molecule has 1 atom stereocenters. The summed E-state index contributed by atoms with van der Waals surface area (Å²) in [5, 5.41) is 3.02. The number of carbonyl (C=O) groups is 1. The van der Waals surface area contributed by atoms with Gasteiger partial charge < -0.3 is 11.1 Å². The summed E-state index contributed by atoms with van der Waals surface area (Å²) in [5.74, 6) is 1.14. The minimum absolute atomic E-state index is 0.0249. The van der Waals surface area contributed by atoms with Crippen molar-refractivity contribution in [2.45, 2.75) is 45.6 Å². The molecular formula is C12H22N2O. The summed E-state index contributed by atoms with van der Waals surface area (Å²) in [5.41, 5.74) is 6.27. The van der Waals surface area contributed by atoms with Crippen molar-refractivity contribution in [3.05, 3.63) is 0 Å². The summed E-state index contributed by atoms with van der Waals surface area (Å²) >= 11 is 0. The molecule has 0 saturated heterocycles. The van der Waals surface area contributed by atoms with E-state index in [0.29, 0.717) is 5.41 Å². The molecule has 1 amide bonds. The van der Waals surface area contributed by atoms with Crippen LogP contribution in [0.1, 0.15) is 39.5 Å². The molecule has 0 bridgehead atoms. The van der Waals surface area contributed by atoms with Gasteiger partial charge in [-0.2, -0.15) is 0 Å². The maximum atomic E-state index is 11.7. The fraction of sp³-hybridized carbons (Fsp3) is 0.917. The van der Waals surface area contributed by atoms with Crippen LogP contribution in [0, 0.1) is 17.3 Å². The highest BCUT2D eigenvalue weighted by Crippen LogP contribution is 2.60. The van der Waals surface area contributed by atoms with E-state index in [1.165, 1.54) is 25.7 Å². The molecule has 0 aromatic heterocycles. The highest BCUT2D eigenvalue weighted by atomic mass is 16.2. The zero-order valence-corrected chi connectivity index (χ0v) is 9.75. The quantitative estimate of drug-likeness (QED) is 0.718. The lowest BCUT2D eigenvalue weighted by Crippen LogP contribution is -2.45. The third-order valence-electron chi connectivity index (χ3n) is 3.97. The Kier molecular flexibility index (Phi) is 2.75. The molecule has 3 N–H and O–H groups in total. The minimum atomic E-state index is -0.347. The number of carbonyl (C=O) groups excluding carboxylic acids is 1. The summed E-state index contributed by atoms with van der Waals surface area (Å²) in [6.45, 7) is 4.83. The van der Waals surface area contributed by atoms with Crippen LogP contribution in [0.15, 0.2) is 0 Å². The van der Waals surface area contributed by atoms with Crippen molar-refractivity contribution in [2.24, 2.45) is 23.0 Å². The van der Waals surface area contributed by atoms with Crippen LogP contribution in [-0.4, -0.2) is 18.5 Å². The molecule has 0 radical (unpaired) electrons. The highest BCUT2D eigenvalue weighted by Gasteiger charge is 2.53. The Hall–Kier alpha value is -0.570. The van der Waals surface area contributed by atoms with Crippen molar-refractivity contribution in [1.82, 2.24) is 5.32 Å². The van der Waals surface area contributed by atoms with E-state index in [-0.39, 0.29) is 17.9 Å². The predicted octanol–water partition coefficient (Wildman–Crippen LogP) is 1.28. The van der Waals surface area contributed by atoms with Crippen LogP contribution in [0.25, 0.3) is 0 Å². The fourth-order valence-corrected chi connectivity index (χ4v) is 2.27. The second-order valence-electron chi connectivity index (χ2n) is 5.62. The number of hydrogen-bond acceptors (Lipinski definition) is 2. The first-order chi connectivity index (χ1) is 7.05. The molecule has 0 heterocycles. The molecule has 86 valence electrons. The van der Waals surface area contributed by atoms with Crippen molar-refractivity contribution < 1.29 is 4.79 Å². The number of hydrogen-bond donors (Lipinski definition) is 2. The van der Waals surface area contributed by atoms with Crippen molar-refractivity contribution in [2.75, 3.05) is 6.54 Å². The van der Waals surface area contributed by atoms with Gasteiger partial charge in [0.05, 0.1) is 6.04 Å². The molecule has 0 spiro atoms. The average Bonchev–Trinajstić information content (AvgIpc) is 3.01. The van der Waals surface area contributed by atoms with Crippen LogP contribution in [-0.2, 0) is 4.79 Å². The molecule has 2 aliphatic rings. The van der Waals surface area contributed by atoms with Gasteiger partial charge in [-0.3, -0.25) is 4.79 Å². The third kappa shape index (κ3) is 2.33. The number of nitrogens with two attached hydrogens (primary N) is 1. The fourth-order valence-electron chi connectivity index (χ4n) is 2.27. The van der Waals surface area contributed by atoms with E-state index in [4.69, 9.17) is 5.73 Å². The van der Waals surface area contributed by atoms with Crippen LogP contribution in [0.5, 0.6) is 0 Å². The van der Waals surface area contributed by atoms with Gasteiger partial charge >= 0.3 is 0 Å². The Morgan fingerprint density at radius 3 is 2.47 bits per heavy atom. The summed E-state index contributed by atoms with van der Waals surface area (Å²) in [6, 6.07) is -0.347. The normalized spacial score (nSPS) is 25.1. The standard InChI is InChI=1S/C12H22N2O/c1-8(2)10(13)11(15)14-7-12(5-6-12)9-3-4-9/h8-10H,3-7,13H2,1-2H3,(H,14,15)/t10-/m0/s1. The molecule has 0 aromatic carbocycles. The van der Waals surface area contributed by atoms with Gasteiger partial charge in [0.15, 0.2) is 0 Å². The Bertz CT molecular complexity index is 254. The molecule has 2 rings (SSSR count). The van der Waals surface area contributed by atoms with E-state index >= 15 is 0 Å². The molecule has 0 unspecified atom stereocenters. The SMILES string of the molecule is CC(C)[C@H](N)C(=O)NCC1(C2CC2)CC1. The van der Waals surface area contributed by atoms with E-state index in [1.807, 2.05) is 13.8 Å². The highest BCUT2D eigenvalue weighted by molar-refractivity contribution is 5.81. The maximum absolute atomic E-state index is 11.7. The smallest absolute Gasteiger partial charge is 0.237 e. The van der Waals surface area contributed by atoms with Gasteiger partial charge in [-0.15, -0.1) is 0 Å². The van der Waals surface area contributed by atoms with Gasteiger partial charge in [-0.05, 0) is 42.9 Å². The molecule has 15 heavy (non-hydrogen) atoms. The molecule has 2 aliphatic carbocycles. The Balaban J connectivity index is 1.75. The van der Waals surface area contributed by atoms with Gasteiger partial charge in [0.25, 0.3) is 0 Å². The second-order valence-corrected chi connectivity index (χ2v) is 5.62. The number of rotatable bonds is 5. The van der Waals surface area contributed by atoms with Crippen LogP contribution in [0.4, 0.5) is 0 Å². The van der Waals surface area contributed by atoms with Gasteiger partial charge in [-0.25, -0.2) is 0 Å². The zero-order valence-electron chi connectivity index (χ0n) is 9.75. The molecule has 2 fully saturated rings. The lowest BCUT2D eigenvalue weighted by Gasteiger charge is -2.19. The third-order valence-corrected chi connectivity index (χ3v) is 3.97. The molecule has 2 saturated carbocycles. The molecule has 0 aromatic rings. The molecular weight excluding hydrogens is 188 g/mol. The lowest BCUT2D eigenvalue weighted by atomic mass is 9.99. The maximum Gasteiger partial charge on any atom is 0.237 e. The van der Waals surface area contributed by atoms with E-state index in [2.05, 4.69) is 5.32 Å². The monoisotopic (exact) mass is 210 g/mol. The van der Waals surface area contributed by atoms with E-state index in [9.17, 15) is 4.79 Å². The second kappa shape index (κ2) is 3.78. The molecule has 3 nitrogen and oxygen atoms in total. The van der Waals surface area contributed by atoms with Gasteiger partial charge in [0.2, 0.25) is 5.91 Å². The summed E-state index contributed by atoms with van der Waals surface area (Å²) in [4.78, 5) is 11.7. The van der Waals surface area contributed by atoms with Crippen LogP contribution < -0.4 is 11.1 Å². The minimum Gasteiger partial charge on any atom is -0.354 e. The van der Waals surface area contributed by atoms with Crippen LogP contribution in [0.3, 0.4) is 0 Å². The van der Waals surface area contributed by atoms with E-state index < -0.39 is 0 Å². The largest absolute Gasteiger partial charge is 0.354 e. The Morgan fingerprint density at radius 1 is 1.47 bits per heavy atom. The van der Waals surface area contributed by atoms with Crippen molar-refractivity contribution in [3.8, 4) is 0 Å². The zero-order chi connectivity index (χ0) is 11.1. The first-order valence-electron chi connectivity index (χ1n) is 6.08. The average molecular weight is 210 g/mol. The summed E-state index contributed by atoms with van der Waals surface area (Å²) < 4.78 is 0. The van der Waals surface area contributed by atoms with E-state index in [1.54, 1.807) is 0 Å². The van der Waals surface area contributed by atoms with E-state index in [0.717, 1.165) is 12.5 Å². The van der Waals surface area contributed by atoms with Crippen LogP contribution >= 0.6 is 0 Å². The van der Waals surface area contributed by atoms with Crippen molar-refractivity contribution in [1.29, 1.82) is 0 Å². The molecule has 3 heteroatoms. The van der Waals surface area contributed by atoms with Gasteiger partial charge in [-0.1, -0.05) is 13.8 Å². The number of amides is 1. The first-order valence-corrected chi connectivity index (χ1v) is 6.08. The predicted molar refractivity (Wildman–Crippen MR) is 60.2 cm³/mol. The van der Waals surface area contributed by atoms with Gasteiger partial charge in [0, 0.05) is 6.54 Å². The van der Waals surface area contributed by atoms with Gasteiger partial charge in [0.1, 0.15) is 0 Å². The van der Waals surface area contributed by atoms with Crippen LogP contribution in [0.2, 0.25) is 0 Å². The Morgan fingerprint density at radius 2 is 2.07 bits per heavy atom. The number of nitrogens with one attached hydrogen (secondary N) is 1. The molecule has 0 aliphatic heterocycles. The Labute approximate surface area is 91.8 Å².